The van der Waals surface area contributed by atoms with Crippen molar-refractivity contribution in [2.75, 3.05) is 7.11 Å². The van der Waals surface area contributed by atoms with E-state index in [1.807, 2.05) is 12.1 Å². The summed E-state index contributed by atoms with van der Waals surface area (Å²) in [6.07, 6.45) is 1.05. The van der Waals surface area contributed by atoms with E-state index in [9.17, 15) is 0 Å². The fraction of sp³-hybridized carbons (Fsp3) is 0.263. The molecule has 0 spiro atoms. The summed E-state index contributed by atoms with van der Waals surface area (Å²) in [6, 6.07) is 17.0. The zero-order valence-corrected chi connectivity index (χ0v) is 12.9. The topological polar surface area (TPSA) is 14.2 Å². The van der Waals surface area contributed by atoms with Gasteiger partial charge in [-0.3, -0.25) is 0 Å². The van der Waals surface area contributed by atoms with Crippen LogP contribution < -0.4 is 4.74 Å². The molecule has 0 saturated heterocycles. The third-order valence-electron chi connectivity index (χ3n) is 4.19. The van der Waals surface area contributed by atoms with Gasteiger partial charge in [0.1, 0.15) is 5.75 Å². The average Bonchev–Trinajstić information content (AvgIpc) is 2.80. The van der Waals surface area contributed by atoms with Gasteiger partial charge < -0.3 is 9.30 Å². The number of hydrogen-bond acceptors (Lipinski definition) is 1. The highest BCUT2D eigenvalue weighted by atomic mass is 16.5. The van der Waals surface area contributed by atoms with Crippen LogP contribution in [0, 0.1) is 6.92 Å². The first-order valence-corrected chi connectivity index (χ1v) is 7.44. The average molecular weight is 279 g/mol. The molecule has 0 aliphatic heterocycles. The molecule has 21 heavy (non-hydrogen) atoms. The number of aromatic nitrogens is 1. The van der Waals surface area contributed by atoms with E-state index in [-0.39, 0.29) is 0 Å². The van der Waals surface area contributed by atoms with Gasteiger partial charge >= 0.3 is 0 Å². The van der Waals surface area contributed by atoms with E-state index in [1.165, 1.54) is 27.7 Å². The minimum atomic E-state index is 0.904. The van der Waals surface area contributed by atoms with E-state index in [4.69, 9.17) is 4.74 Å². The predicted molar refractivity (Wildman–Crippen MR) is 88.1 cm³/mol. The molecular formula is C19H21NO. The SMILES string of the molecule is CCc1c(C)c2ccccc2n1Cc1ccc(OC)cc1. The highest BCUT2D eigenvalue weighted by Gasteiger charge is 2.12. The first-order valence-electron chi connectivity index (χ1n) is 7.44. The number of aryl methyl sites for hydroxylation is 1. The van der Waals surface area contributed by atoms with Crippen LogP contribution in [0.25, 0.3) is 10.9 Å². The van der Waals surface area contributed by atoms with Crippen LogP contribution in [0.3, 0.4) is 0 Å². The van der Waals surface area contributed by atoms with Crippen molar-refractivity contribution in [3.8, 4) is 5.75 Å². The lowest BCUT2D eigenvalue weighted by Crippen LogP contribution is -2.04. The summed E-state index contributed by atoms with van der Waals surface area (Å²) in [4.78, 5) is 0. The first kappa shape index (κ1) is 13.7. The molecule has 0 N–H and O–H groups in total. The van der Waals surface area contributed by atoms with Gasteiger partial charge in [-0.05, 0) is 42.7 Å². The maximum absolute atomic E-state index is 5.23. The van der Waals surface area contributed by atoms with Crippen molar-refractivity contribution >= 4 is 10.9 Å². The van der Waals surface area contributed by atoms with Gasteiger partial charge in [0, 0.05) is 23.1 Å². The van der Waals surface area contributed by atoms with Crippen LogP contribution in [-0.2, 0) is 13.0 Å². The fourth-order valence-electron chi connectivity index (χ4n) is 3.08. The molecule has 108 valence electrons. The van der Waals surface area contributed by atoms with E-state index >= 15 is 0 Å². The Labute approximate surface area is 126 Å². The van der Waals surface area contributed by atoms with Gasteiger partial charge in [-0.1, -0.05) is 37.3 Å². The molecule has 1 aromatic heterocycles. The monoisotopic (exact) mass is 279 g/mol. The third-order valence-corrected chi connectivity index (χ3v) is 4.19. The van der Waals surface area contributed by atoms with Crippen molar-refractivity contribution in [2.24, 2.45) is 0 Å². The van der Waals surface area contributed by atoms with Crippen LogP contribution >= 0.6 is 0 Å². The van der Waals surface area contributed by atoms with E-state index in [2.05, 4.69) is 54.8 Å². The Hall–Kier alpha value is -2.22. The summed E-state index contributed by atoms with van der Waals surface area (Å²) >= 11 is 0. The van der Waals surface area contributed by atoms with Crippen LogP contribution in [0.4, 0.5) is 0 Å². The van der Waals surface area contributed by atoms with Gasteiger partial charge in [-0.25, -0.2) is 0 Å². The summed E-state index contributed by atoms with van der Waals surface area (Å²) < 4.78 is 7.67. The lowest BCUT2D eigenvalue weighted by atomic mass is 10.1. The Kier molecular flexibility index (Phi) is 3.70. The number of fused-ring (bicyclic) bond motifs is 1. The smallest absolute Gasteiger partial charge is 0.118 e. The molecule has 3 aromatic rings. The molecule has 2 nitrogen and oxygen atoms in total. The second kappa shape index (κ2) is 5.65. The van der Waals surface area contributed by atoms with E-state index in [0.717, 1.165) is 18.7 Å². The van der Waals surface area contributed by atoms with Gasteiger partial charge in [0.2, 0.25) is 0 Å². The fourth-order valence-corrected chi connectivity index (χ4v) is 3.08. The number of ether oxygens (including phenoxy) is 1. The number of benzene rings is 2. The number of para-hydroxylation sites is 1. The van der Waals surface area contributed by atoms with Gasteiger partial charge in [0.25, 0.3) is 0 Å². The van der Waals surface area contributed by atoms with E-state index in [0.29, 0.717) is 0 Å². The Balaban J connectivity index is 2.06. The number of rotatable bonds is 4. The van der Waals surface area contributed by atoms with E-state index < -0.39 is 0 Å². The molecule has 2 aromatic carbocycles. The van der Waals surface area contributed by atoms with Gasteiger partial charge in [0.05, 0.1) is 7.11 Å². The molecule has 0 unspecified atom stereocenters. The summed E-state index contributed by atoms with van der Waals surface area (Å²) in [7, 11) is 1.70. The van der Waals surface area contributed by atoms with Crippen LogP contribution in [-0.4, -0.2) is 11.7 Å². The Bertz CT molecular complexity index is 753. The maximum atomic E-state index is 5.23. The maximum Gasteiger partial charge on any atom is 0.118 e. The molecule has 0 bridgehead atoms. The molecule has 3 rings (SSSR count). The highest BCUT2D eigenvalue weighted by molar-refractivity contribution is 5.85. The Morgan fingerprint density at radius 2 is 1.71 bits per heavy atom. The zero-order valence-electron chi connectivity index (χ0n) is 12.9. The lowest BCUT2D eigenvalue weighted by Gasteiger charge is -2.11. The second-order valence-corrected chi connectivity index (χ2v) is 5.38. The Morgan fingerprint density at radius 3 is 2.38 bits per heavy atom. The molecule has 0 radical (unpaired) electrons. The Morgan fingerprint density at radius 1 is 1.00 bits per heavy atom. The summed E-state index contributed by atoms with van der Waals surface area (Å²) in [5.41, 5.74) is 5.45. The first-order chi connectivity index (χ1) is 10.2. The van der Waals surface area contributed by atoms with Crippen LogP contribution in [0.2, 0.25) is 0 Å². The normalized spacial score (nSPS) is 11.0. The predicted octanol–water partition coefficient (Wildman–Crippen LogP) is 4.57. The van der Waals surface area contributed by atoms with Crippen molar-refractivity contribution in [2.45, 2.75) is 26.8 Å². The highest BCUT2D eigenvalue weighted by Crippen LogP contribution is 2.27. The number of nitrogens with zero attached hydrogens (tertiary/aromatic N) is 1. The van der Waals surface area contributed by atoms with Crippen molar-refractivity contribution < 1.29 is 4.74 Å². The van der Waals surface area contributed by atoms with Crippen molar-refractivity contribution in [3.63, 3.8) is 0 Å². The van der Waals surface area contributed by atoms with Crippen LogP contribution in [0.1, 0.15) is 23.7 Å². The molecule has 0 aliphatic rings. The van der Waals surface area contributed by atoms with Crippen LogP contribution in [0.5, 0.6) is 5.75 Å². The third kappa shape index (κ3) is 2.42. The summed E-state index contributed by atoms with van der Waals surface area (Å²) in [5.74, 6) is 0.906. The zero-order chi connectivity index (χ0) is 14.8. The number of hydrogen-bond donors (Lipinski definition) is 0. The minimum absolute atomic E-state index is 0.904. The van der Waals surface area contributed by atoms with Crippen molar-refractivity contribution in [1.29, 1.82) is 0 Å². The lowest BCUT2D eigenvalue weighted by molar-refractivity contribution is 0.414. The van der Waals surface area contributed by atoms with Gasteiger partial charge in [0.15, 0.2) is 0 Å². The van der Waals surface area contributed by atoms with Gasteiger partial charge in [-0.15, -0.1) is 0 Å². The van der Waals surface area contributed by atoms with Crippen molar-refractivity contribution in [3.05, 3.63) is 65.4 Å². The summed E-state index contributed by atoms with van der Waals surface area (Å²) in [6.45, 7) is 5.36. The quantitative estimate of drug-likeness (QED) is 0.682. The van der Waals surface area contributed by atoms with Crippen LogP contribution in [0.15, 0.2) is 48.5 Å². The number of methoxy groups -OCH3 is 1. The van der Waals surface area contributed by atoms with E-state index in [1.54, 1.807) is 7.11 Å². The molecule has 0 fully saturated rings. The molecule has 0 saturated carbocycles. The molecule has 2 heteroatoms. The molecule has 1 heterocycles. The minimum Gasteiger partial charge on any atom is -0.497 e. The standard InChI is InChI=1S/C19H21NO/c1-4-18-14(2)17-7-5-6-8-19(17)20(18)13-15-9-11-16(21-3)12-10-15/h5-12H,4,13H2,1-3H3. The second-order valence-electron chi connectivity index (χ2n) is 5.38. The van der Waals surface area contributed by atoms with Crippen molar-refractivity contribution in [1.82, 2.24) is 4.57 Å². The molecule has 0 aliphatic carbocycles. The molecular weight excluding hydrogens is 258 g/mol. The molecule has 0 amide bonds. The summed E-state index contributed by atoms with van der Waals surface area (Å²) in [5, 5.41) is 1.36. The molecule has 0 atom stereocenters. The van der Waals surface area contributed by atoms with Gasteiger partial charge in [-0.2, -0.15) is 0 Å². The largest absolute Gasteiger partial charge is 0.497 e.